The maximum absolute atomic E-state index is 11.5. The predicted octanol–water partition coefficient (Wildman–Crippen LogP) is 3.19. The number of hydrogen-bond acceptors (Lipinski definition) is 3. The van der Waals surface area contributed by atoms with Crippen LogP contribution in [0.4, 0.5) is 0 Å². The highest BCUT2D eigenvalue weighted by Gasteiger charge is 2.13. The van der Waals surface area contributed by atoms with Gasteiger partial charge in [0.2, 0.25) is 0 Å². The van der Waals surface area contributed by atoms with Crippen molar-refractivity contribution in [2.45, 2.75) is 0 Å². The molecule has 0 aliphatic carbocycles. The first-order valence-corrected chi connectivity index (χ1v) is 5.39. The summed E-state index contributed by atoms with van der Waals surface area (Å²) < 4.78 is 4.64. The third-order valence-electron chi connectivity index (χ3n) is 2.35. The smallest absolute Gasteiger partial charge is 0.341 e. The summed E-state index contributed by atoms with van der Waals surface area (Å²) in [6, 6.07) is 11.3. The number of pyridine rings is 1. The zero-order valence-electron chi connectivity index (χ0n) is 9.18. The standard InChI is InChI=1S/C13H10ClNO2/c1-17-13(16)11-7-10(8-15-12(11)14)9-5-3-2-4-6-9/h2-8H,1H3. The van der Waals surface area contributed by atoms with Crippen molar-refractivity contribution in [2.24, 2.45) is 0 Å². The number of carbonyl (C=O) groups is 1. The minimum Gasteiger partial charge on any atom is -0.465 e. The largest absolute Gasteiger partial charge is 0.465 e. The fraction of sp³-hybridized carbons (Fsp3) is 0.0769. The van der Waals surface area contributed by atoms with Gasteiger partial charge in [-0.05, 0) is 11.6 Å². The van der Waals surface area contributed by atoms with E-state index in [4.69, 9.17) is 11.6 Å². The molecule has 1 aromatic carbocycles. The van der Waals surface area contributed by atoms with Crippen LogP contribution in [0.2, 0.25) is 5.15 Å². The van der Waals surface area contributed by atoms with Crippen molar-refractivity contribution < 1.29 is 9.53 Å². The van der Waals surface area contributed by atoms with Gasteiger partial charge in [-0.2, -0.15) is 0 Å². The molecule has 1 aromatic heterocycles. The Hall–Kier alpha value is -1.87. The van der Waals surface area contributed by atoms with E-state index < -0.39 is 5.97 Å². The Balaban J connectivity index is 2.48. The highest BCUT2D eigenvalue weighted by Crippen LogP contribution is 2.23. The second kappa shape index (κ2) is 4.97. The second-order valence-corrected chi connectivity index (χ2v) is 3.78. The first-order chi connectivity index (χ1) is 8.22. The van der Waals surface area contributed by atoms with Gasteiger partial charge in [-0.3, -0.25) is 0 Å². The van der Waals surface area contributed by atoms with E-state index in [1.165, 1.54) is 7.11 Å². The van der Waals surface area contributed by atoms with E-state index in [1.54, 1.807) is 12.3 Å². The number of hydrogen-bond donors (Lipinski definition) is 0. The fourth-order valence-corrected chi connectivity index (χ4v) is 1.67. The number of methoxy groups -OCH3 is 1. The Morgan fingerprint density at radius 1 is 1.24 bits per heavy atom. The Morgan fingerprint density at radius 2 is 1.94 bits per heavy atom. The Labute approximate surface area is 104 Å². The zero-order chi connectivity index (χ0) is 12.3. The molecule has 2 aromatic rings. The molecule has 17 heavy (non-hydrogen) atoms. The average molecular weight is 248 g/mol. The quantitative estimate of drug-likeness (QED) is 0.604. The van der Waals surface area contributed by atoms with Crippen LogP contribution >= 0.6 is 11.6 Å². The van der Waals surface area contributed by atoms with Crippen molar-refractivity contribution in [1.29, 1.82) is 0 Å². The zero-order valence-corrected chi connectivity index (χ0v) is 9.94. The molecule has 1 heterocycles. The summed E-state index contributed by atoms with van der Waals surface area (Å²) in [4.78, 5) is 15.5. The van der Waals surface area contributed by atoms with Crippen LogP contribution in [-0.2, 0) is 4.74 Å². The summed E-state index contributed by atoms with van der Waals surface area (Å²) in [6.07, 6.45) is 1.63. The predicted molar refractivity (Wildman–Crippen MR) is 66.0 cm³/mol. The molecule has 0 atom stereocenters. The van der Waals surface area contributed by atoms with Crippen molar-refractivity contribution in [3.63, 3.8) is 0 Å². The van der Waals surface area contributed by atoms with Gasteiger partial charge in [0.25, 0.3) is 0 Å². The van der Waals surface area contributed by atoms with Gasteiger partial charge in [0.05, 0.1) is 12.7 Å². The molecular formula is C13H10ClNO2. The molecule has 0 amide bonds. The lowest BCUT2D eigenvalue weighted by atomic mass is 10.1. The molecule has 4 heteroatoms. The highest BCUT2D eigenvalue weighted by molar-refractivity contribution is 6.32. The number of aromatic nitrogens is 1. The summed E-state index contributed by atoms with van der Waals surface area (Å²) in [5, 5.41) is 0.150. The van der Waals surface area contributed by atoms with Crippen LogP contribution in [0.25, 0.3) is 11.1 Å². The van der Waals surface area contributed by atoms with Crippen LogP contribution < -0.4 is 0 Å². The summed E-state index contributed by atoms with van der Waals surface area (Å²) in [5.74, 6) is -0.486. The molecule has 0 N–H and O–H groups in total. The first kappa shape index (κ1) is 11.6. The topological polar surface area (TPSA) is 39.2 Å². The van der Waals surface area contributed by atoms with E-state index in [1.807, 2.05) is 30.3 Å². The van der Waals surface area contributed by atoms with Gasteiger partial charge in [0, 0.05) is 11.8 Å². The number of carbonyl (C=O) groups excluding carboxylic acids is 1. The lowest BCUT2D eigenvalue weighted by Crippen LogP contribution is -2.03. The van der Waals surface area contributed by atoms with E-state index in [0.29, 0.717) is 0 Å². The van der Waals surface area contributed by atoms with Gasteiger partial charge < -0.3 is 4.74 Å². The van der Waals surface area contributed by atoms with E-state index in [0.717, 1.165) is 11.1 Å². The van der Waals surface area contributed by atoms with Crippen LogP contribution in [0.15, 0.2) is 42.6 Å². The molecule has 0 spiro atoms. The van der Waals surface area contributed by atoms with Crippen molar-refractivity contribution in [3.8, 4) is 11.1 Å². The maximum atomic E-state index is 11.5. The number of halogens is 1. The molecule has 86 valence electrons. The number of nitrogens with zero attached hydrogens (tertiary/aromatic N) is 1. The molecule has 0 saturated heterocycles. The molecule has 0 unspecified atom stereocenters. The van der Waals surface area contributed by atoms with Crippen LogP contribution in [-0.4, -0.2) is 18.1 Å². The molecular weight excluding hydrogens is 238 g/mol. The molecule has 0 fully saturated rings. The third kappa shape index (κ3) is 2.45. The van der Waals surface area contributed by atoms with Crippen molar-refractivity contribution in [3.05, 3.63) is 53.3 Å². The minimum absolute atomic E-state index is 0.150. The maximum Gasteiger partial charge on any atom is 0.341 e. The van der Waals surface area contributed by atoms with E-state index in [-0.39, 0.29) is 10.7 Å². The van der Waals surface area contributed by atoms with Gasteiger partial charge in [0.1, 0.15) is 5.15 Å². The van der Waals surface area contributed by atoms with Gasteiger partial charge >= 0.3 is 5.97 Å². The van der Waals surface area contributed by atoms with Crippen LogP contribution in [0.5, 0.6) is 0 Å². The number of ether oxygens (including phenoxy) is 1. The molecule has 0 bridgehead atoms. The lowest BCUT2D eigenvalue weighted by molar-refractivity contribution is 0.0600. The minimum atomic E-state index is -0.486. The van der Waals surface area contributed by atoms with Gasteiger partial charge in [-0.1, -0.05) is 41.9 Å². The number of rotatable bonds is 2. The fourth-order valence-electron chi connectivity index (χ4n) is 1.49. The van der Waals surface area contributed by atoms with Crippen molar-refractivity contribution in [2.75, 3.05) is 7.11 Å². The summed E-state index contributed by atoms with van der Waals surface area (Å²) in [7, 11) is 1.31. The Kier molecular flexibility index (Phi) is 3.40. The Bertz CT molecular complexity index is 540. The first-order valence-electron chi connectivity index (χ1n) is 5.01. The Morgan fingerprint density at radius 3 is 2.59 bits per heavy atom. The van der Waals surface area contributed by atoms with Gasteiger partial charge in [-0.15, -0.1) is 0 Å². The molecule has 0 aliphatic rings. The second-order valence-electron chi connectivity index (χ2n) is 3.42. The molecule has 0 saturated carbocycles. The van der Waals surface area contributed by atoms with Gasteiger partial charge in [0.15, 0.2) is 0 Å². The van der Waals surface area contributed by atoms with Gasteiger partial charge in [-0.25, -0.2) is 9.78 Å². The normalized spacial score (nSPS) is 10.0. The van der Waals surface area contributed by atoms with E-state index in [9.17, 15) is 4.79 Å². The third-order valence-corrected chi connectivity index (χ3v) is 2.65. The number of esters is 1. The lowest BCUT2D eigenvalue weighted by Gasteiger charge is -2.05. The van der Waals surface area contributed by atoms with Crippen molar-refractivity contribution >= 4 is 17.6 Å². The summed E-state index contributed by atoms with van der Waals surface area (Å²) in [5.41, 5.74) is 2.08. The van der Waals surface area contributed by atoms with E-state index >= 15 is 0 Å². The monoisotopic (exact) mass is 247 g/mol. The summed E-state index contributed by atoms with van der Waals surface area (Å²) in [6.45, 7) is 0. The average Bonchev–Trinajstić information content (AvgIpc) is 2.39. The van der Waals surface area contributed by atoms with E-state index in [2.05, 4.69) is 9.72 Å². The molecule has 2 rings (SSSR count). The van der Waals surface area contributed by atoms with Crippen LogP contribution in [0, 0.1) is 0 Å². The SMILES string of the molecule is COC(=O)c1cc(-c2ccccc2)cnc1Cl. The molecule has 0 aliphatic heterocycles. The number of benzene rings is 1. The molecule has 3 nitrogen and oxygen atoms in total. The highest BCUT2D eigenvalue weighted by atomic mass is 35.5. The van der Waals surface area contributed by atoms with Crippen molar-refractivity contribution in [1.82, 2.24) is 4.98 Å². The van der Waals surface area contributed by atoms with Crippen LogP contribution in [0.1, 0.15) is 10.4 Å². The molecule has 0 radical (unpaired) electrons. The van der Waals surface area contributed by atoms with Crippen LogP contribution in [0.3, 0.4) is 0 Å². The summed E-state index contributed by atoms with van der Waals surface area (Å²) >= 11 is 5.85.